The van der Waals surface area contributed by atoms with Crippen molar-refractivity contribution in [3.8, 4) is 17.1 Å². The second-order valence-corrected chi connectivity index (χ2v) is 5.25. The molecule has 1 atom stereocenters. The van der Waals surface area contributed by atoms with Gasteiger partial charge in [-0.15, -0.1) is 0 Å². The molecule has 0 radical (unpaired) electrons. The third-order valence-electron chi connectivity index (χ3n) is 3.84. The fourth-order valence-electron chi connectivity index (χ4n) is 2.66. The molecule has 1 heterocycles. The van der Waals surface area contributed by atoms with Crippen molar-refractivity contribution < 1.29 is 18.6 Å². The molecule has 6 heteroatoms. The number of imidazole rings is 1. The summed E-state index contributed by atoms with van der Waals surface area (Å²) in [5.74, 6) is 0.112. The molecule has 0 aliphatic heterocycles. The van der Waals surface area contributed by atoms with Crippen LogP contribution in [0.3, 0.4) is 0 Å². The van der Waals surface area contributed by atoms with Crippen LogP contribution in [0.5, 0.6) is 5.75 Å². The molecule has 1 aromatic heterocycles. The molecule has 0 saturated carbocycles. The molecule has 3 rings (SSSR count). The van der Waals surface area contributed by atoms with Gasteiger partial charge >= 0.3 is 0 Å². The first-order valence-electron chi connectivity index (χ1n) is 7.37. The van der Waals surface area contributed by atoms with E-state index in [1.54, 1.807) is 35.2 Å². The Balaban J connectivity index is 2.08. The minimum atomic E-state index is -0.446. The van der Waals surface area contributed by atoms with Crippen molar-refractivity contribution in [2.75, 3.05) is 13.7 Å². The van der Waals surface area contributed by atoms with Crippen LogP contribution >= 0.6 is 0 Å². The molecule has 2 aromatic carbocycles. The number of aliphatic hydroxyl groups is 1. The van der Waals surface area contributed by atoms with E-state index in [2.05, 4.69) is 4.98 Å². The van der Waals surface area contributed by atoms with Gasteiger partial charge in [0.05, 0.1) is 25.3 Å². The number of hydrogen-bond acceptors (Lipinski definition) is 3. The summed E-state index contributed by atoms with van der Waals surface area (Å²) < 4.78 is 33.6. The number of methoxy groups -OCH3 is 1. The summed E-state index contributed by atoms with van der Waals surface area (Å²) in [7, 11) is 1.45. The van der Waals surface area contributed by atoms with Gasteiger partial charge in [0.2, 0.25) is 0 Å². The number of halogens is 2. The highest BCUT2D eigenvalue weighted by Crippen LogP contribution is 2.32. The zero-order valence-corrected chi connectivity index (χ0v) is 13.0. The number of nitrogens with zero attached hydrogens (tertiary/aromatic N) is 2. The minimum Gasteiger partial charge on any atom is -0.496 e. The summed E-state index contributed by atoms with van der Waals surface area (Å²) in [6, 6.07) is 9.64. The third kappa shape index (κ3) is 3.00. The minimum absolute atomic E-state index is 0.196. The van der Waals surface area contributed by atoms with Crippen molar-refractivity contribution in [2.24, 2.45) is 0 Å². The quantitative estimate of drug-likeness (QED) is 0.780. The van der Waals surface area contributed by atoms with Crippen LogP contribution < -0.4 is 4.74 Å². The first kappa shape index (κ1) is 16.1. The van der Waals surface area contributed by atoms with Gasteiger partial charge in [-0.2, -0.15) is 0 Å². The lowest BCUT2D eigenvalue weighted by Crippen LogP contribution is -2.15. The highest BCUT2D eigenvalue weighted by Gasteiger charge is 2.19. The first-order chi connectivity index (χ1) is 11.6. The van der Waals surface area contributed by atoms with Gasteiger partial charge in [-0.25, -0.2) is 13.8 Å². The maximum Gasteiger partial charge on any atom is 0.144 e. The summed E-state index contributed by atoms with van der Waals surface area (Å²) in [5, 5.41) is 9.83. The van der Waals surface area contributed by atoms with Crippen molar-refractivity contribution in [3.63, 3.8) is 0 Å². The first-order valence-corrected chi connectivity index (χ1v) is 7.37. The van der Waals surface area contributed by atoms with E-state index in [9.17, 15) is 13.9 Å². The number of rotatable bonds is 5. The largest absolute Gasteiger partial charge is 0.496 e. The molecular formula is C18H16F2N2O2. The van der Waals surface area contributed by atoms with Crippen molar-refractivity contribution in [3.05, 3.63) is 72.1 Å². The molecule has 4 nitrogen and oxygen atoms in total. The topological polar surface area (TPSA) is 47.3 Å². The van der Waals surface area contributed by atoms with Crippen molar-refractivity contribution in [1.29, 1.82) is 0 Å². The normalized spacial score (nSPS) is 12.2. The Morgan fingerprint density at radius 2 is 1.83 bits per heavy atom. The van der Waals surface area contributed by atoms with Gasteiger partial charge < -0.3 is 14.4 Å². The van der Waals surface area contributed by atoms with E-state index in [1.807, 2.05) is 0 Å². The van der Waals surface area contributed by atoms with Crippen LogP contribution in [0.4, 0.5) is 8.78 Å². The van der Waals surface area contributed by atoms with Crippen molar-refractivity contribution >= 4 is 0 Å². The molecule has 0 aliphatic rings. The number of benzene rings is 2. The molecule has 0 bridgehead atoms. The van der Waals surface area contributed by atoms with Gasteiger partial charge in [0.1, 0.15) is 23.2 Å². The summed E-state index contributed by atoms with van der Waals surface area (Å²) >= 11 is 0. The molecule has 1 unspecified atom stereocenters. The van der Waals surface area contributed by atoms with Gasteiger partial charge in [-0.1, -0.05) is 12.1 Å². The lowest BCUT2D eigenvalue weighted by atomic mass is 10.1. The fraction of sp³-hybridized carbons (Fsp3) is 0.167. The Bertz CT molecular complexity index is 831. The molecule has 1 N–H and O–H groups in total. The lowest BCUT2D eigenvalue weighted by Gasteiger charge is -2.20. The standard InChI is InChI=1S/C18H16F2N2O2/c1-24-17-10-14(20)6-7-15(17)18-21-8-9-22(18)16(11-23)12-2-4-13(19)5-3-12/h2-10,16,23H,11H2,1H3. The van der Waals surface area contributed by atoms with Crippen LogP contribution in [0.15, 0.2) is 54.9 Å². The second kappa shape index (κ2) is 6.80. The van der Waals surface area contributed by atoms with Crippen LogP contribution in [0.2, 0.25) is 0 Å². The molecule has 24 heavy (non-hydrogen) atoms. The third-order valence-corrected chi connectivity index (χ3v) is 3.84. The zero-order valence-electron chi connectivity index (χ0n) is 13.0. The van der Waals surface area contributed by atoms with Crippen LogP contribution in [-0.4, -0.2) is 28.4 Å². The summed E-state index contributed by atoms with van der Waals surface area (Å²) in [5.41, 5.74) is 1.34. The molecule has 0 aliphatic carbocycles. The van der Waals surface area contributed by atoms with E-state index in [0.29, 0.717) is 17.1 Å². The van der Waals surface area contributed by atoms with Crippen LogP contribution in [0.1, 0.15) is 11.6 Å². The molecule has 124 valence electrons. The Kier molecular flexibility index (Phi) is 4.57. The maximum absolute atomic E-state index is 13.4. The number of hydrogen-bond donors (Lipinski definition) is 1. The Hall–Kier alpha value is -2.73. The SMILES string of the molecule is COc1cc(F)ccc1-c1nccn1C(CO)c1ccc(F)cc1. The molecule has 0 spiro atoms. The summed E-state index contributed by atoms with van der Waals surface area (Å²) in [6.45, 7) is -0.196. The van der Waals surface area contributed by atoms with Gasteiger partial charge in [0.15, 0.2) is 0 Å². The van der Waals surface area contributed by atoms with Crippen LogP contribution in [-0.2, 0) is 0 Å². The molecule has 0 amide bonds. The van der Waals surface area contributed by atoms with Gasteiger partial charge in [-0.3, -0.25) is 0 Å². The van der Waals surface area contributed by atoms with E-state index in [4.69, 9.17) is 4.74 Å². The molecule has 3 aromatic rings. The Morgan fingerprint density at radius 1 is 1.12 bits per heavy atom. The number of aliphatic hydroxyl groups excluding tert-OH is 1. The van der Waals surface area contributed by atoms with Crippen molar-refractivity contribution in [2.45, 2.75) is 6.04 Å². The van der Waals surface area contributed by atoms with Gasteiger partial charge in [0, 0.05) is 18.5 Å². The van der Waals surface area contributed by atoms with Gasteiger partial charge in [0.25, 0.3) is 0 Å². The predicted molar refractivity (Wildman–Crippen MR) is 85.8 cm³/mol. The average Bonchev–Trinajstić information content (AvgIpc) is 3.06. The predicted octanol–water partition coefficient (Wildman–Crippen LogP) is 3.42. The zero-order chi connectivity index (χ0) is 17.1. The van der Waals surface area contributed by atoms with E-state index in [1.165, 1.54) is 31.4 Å². The van der Waals surface area contributed by atoms with E-state index in [-0.39, 0.29) is 12.4 Å². The van der Waals surface area contributed by atoms with Gasteiger partial charge in [-0.05, 0) is 29.8 Å². The molecular weight excluding hydrogens is 314 g/mol. The van der Waals surface area contributed by atoms with E-state index >= 15 is 0 Å². The highest BCUT2D eigenvalue weighted by molar-refractivity contribution is 5.65. The Morgan fingerprint density at radius 3 is 2.50 bits per heavy atom. The average molecular weight is 330 g/mol. The monoisotopic (exact) mass is 330 g/mol. The molecule has 0 fully saturated rings. The fourth-order valence-corrected chi connectivity index (χ4v) is 2.66. The van der Waals surface area contributed by atoms with E-state index < -0.39 is 11.9 Å². The van der Waals surface area contributed by atoms with E-state index in [0.717, 1.165) is 5.56 Å². The van der Waals surface area contributed by atoms with Crippen LogP contribution in [0.25, 0.3) is 11.4 Å². The Labute approximate surface area is 138 Å². The van der Waals surface area contributed by atoms with Crippen molar-refractivity contribution in [1.82, 2.24) is 9.55 Å². The molecule has 0 saturated heterocycles. The second-order valence-electron chi connectivity index (χ2n) is 5.25. The lowest BCUT2D eigenvalue weighted by molar-refractivity contribution is 0.250. The summed E-state index contributed by atoms with van der Waals surface area (Å²) in [4.78, 5) is 4.31. The smallest absolute Gasteiger partial charge is 0.144 e. The number of aromatic nitrogens is 2. The maximum atomic E-state index is 13.4. The summed E-state index contributed by atoms with van der Waals surface area (Å²) in [6.07, 6.45) is 3.30. The van der Waals surface area contributed by atoms with Crippen LogP contribution in [0, 0.1) is 11.6 Å². The highest BCUT2D eigenvalue weighted by atomic mass is 19.1. The number of ether oxygens (including phenoxy) is 1.